The monoisotopic (exact) mass is 273 g/mol. The SMILES string of the molecule is CCNc1nc(-c2cccs2)nc2ccc(F)cc12. The Morgan fingerprint density at radius 3 is 2.89 bits per heavy atom. The molecule has 2 heterocycles. The summed E-state index contributed by atoms with van der Waals surface area (Å²) in [5.41, 5.74) is 0.746. The van der Waals surface area contributed by atoms with Crippen LogP contribution in [0.5, 0.6) is 0 Å². The summed E-state index contributed by atoms with van der Waals surface area (Å²) in [6.45, 7) is 2.71. The highest BCUT2D eigenvalue weighted by Crippen LogP contribution is 2.27. The number of benzene rings is 1. The maximum Gasteiger partial charge on any atom is 0.172 e. The van der Waals surface area contributed by atoms with E-state index in [9.17, 15) is 4.39 Å². The minimum atomic E-state index is -0.279. The second-order valence-electron chi connectivity index (χ2n) is 4.06. The van der Waals surface area contributed by atoms with Gasteiger partial charge in [-0.15, -0.1) is 11.3 Å². The Balaban J connectivity index is 2.24. The molecule has 1 N–H and O–H groups in total. The molecule has 0 fully saturated rings. The molecule has 19 heavy (non-hydrogen) atoms. The molecule has 0 aliphatic rings. The molecular weight excluding hydrogens is 261 g/mol. The maximum absolute atomic E-state index is 13.3. The third kappa shape index (κ3) is 2.29. The molecule has 0 aliphatic carbocycles. The number of rotatable bonds is 3. The number of hydrogen-bond donors (Lipinski definition) is 1. The normalized spacial score (nSPS) is 10.8. The molecule has 3 nitrogen and oxygen atoms in total. The van der Waals surface area contributed by atoms with Crippen molar-refractivity contribution in [3.05, 3.63) is 41.5 Å². The van der Waals surface area contributed by atoms with E-state index in [1.165, 1.54) is 12.1 Å². The molecule has 5 heteroatoms. The highest BCUT2D eigenvalue weighted by molar-refractivity contribution is 7.13. The molecule has 0 spiro atoms. The van der Waals surface area contributed by atoms with E-state index in [1.54, 1.807) is 17.4 Å². The summed E-state index contributed by atoms with van der Waals surface area (Å²) in [5.74, 6) is 1.07. The molecule has 0 radical (unpaired) electrons. The third-order valence-corrected chi connectivity index (χ3v) is 3.61. The van der Waals surface area contributed by atoms with Gasteiger partial charge in [0.2, 0.25) is 0 Å². The van der Waals surface area contributed by atoms with Crippen LogP contribution in [0.15, 0.2) is 35.7 Å². The van der Waals surface area contributed by atoms with Gasteiger partial charge in [0, 0.05) is 11.9 Å². The summed E-state index contributed by atoms with van der Waals surface area (Å²) in [5, 5.41) is 5.86. The van der Waals surface area contributed by atoms with Crippen molar-refractivity contribution >= 4 is 28.1 Å². The van der Waals surface area contributed by atoms with Crippen molar-refractivity contribution in [2.24, 2.45) is 0 Å². The van der Waals surface area contributed by atoms with Gasteiger partial charge in [0.15, 0.2) is 5.82 Å². The average molecular weight is 273 g/mol. The molecule has 1 aromatic carbocycles. The van der Waals surface area contributed by atoms with Crippen LogP contribution in [0.1, 0.15) is 6.92 Å². The molecule has 0 bridgehead atoms. The number of thiophene rings is 1. The number of halogens is 1. The van der Waals surface area contributed by atoms with Gasteiger partial charge in [0.05, 0.1) is 10.4 Å². The number of aromatic nitrogens is 2. The first-order valence-corrected chi connectivity index (χ1v) is 6.91. The fraction of sp³-hybridized carbons (Fsp3) is 0.143. The van der Waals surface area contributed by atoms with Crippen LogP contribution < -0.4 is 5.32 Å². The Morgan fingerprint density at radius 2 is 2.16 bits per heavy atom. The van der Waals surface area contributed by atoms with Crippen LogP contribution in [0.4, 0.5) is 10.2 Å². The van der Waals surface area contributed by atoms with Crippen LogP contribution in [0.2, 0.25) is 0 Å². The molecule has 2 aromatic heterocycles. The van der Waals surface area contributed by atoms with Gasteiger partial charge < -0.3 is 5.32 Å². The van der Waals surface area contributed by atoms with Crippen LogP contribution in [0, 0.1) is 5.82 Å². The fourth-order valence-corrected chi connectivity index (χ4v) is 2.58. The summed E-state index contributed by atoms with van der Waals surface area (Å²) >= 11 is 1.59. The molecule has 0 saturated heterocycles. The molecule has 3 aromatic rings. The van der Waals surface area contributed by atoms with Gasteiger partial charge in [-0.2, -0.15) is 0 Å². The van der Waals surface area contributed by atoms with E-state index in [0.717, 1.165) is 16.9 Å². The van der Waals surface area contributed by atoms with Crippen LogP contribution in [0.25, 0.3) is 21.6 Å². The van der Waals surface area contributed by atoms with Crippen molar-refractivity contribution in [3.8, 4) is 10.7 Å². The summed E-state index contributed by atoms with van der Waals surface area (Å²) in [4.78, 5) is 10.00. The summed E-state index contributed by atoms with van der Waals surface area (Å²) in [7, 11) is 0. The van der Waals surface area contributed by atoms with Crippen LogP contribution >= 0.6 is 11.3 Å². The van der Waals surface area contributed by atoms with Crippen molar-refractivity contribution in [2.75, 3.05) is 11.9 Å². The number of anilines is 1. The molecule has 0 saturated carbocycles. The van der Waals surface area contributed by atoms with E-state index in [1.807, 2.05) is 24.4 Å². The smallest absolute Gasteiger partial charge is 0.172 e. The lowest BCUT2D eigenvalue weighted by molar-refractivity contribution is 0.629. The summed E-state index contributed by atoms with van der Waals surface area (Å²) in [6, 6.07) is 8.51. The molecule has 0 atom stereocenters. The quantitative estimate of drug-likeness (QED) is 0.785. The van der Waals surface area contributed by atoms with Crippen molar-refractivity contribution in [1.29, 1.82) is 0 Å². The van der Waals surface area contributed by atoms with Crippen LogP contribution in [0.3, 0.4) is 0 Å². The lowest BCUT2D eigenvalue weighted by Gasteiger charge is -2.08. The zero-order valence-electron chi connectivity index (χ0n) is 10.4. The molecule has 0 amide bonds. The topological polar surface area (TPSA) is 37.8 Å². The number of nitrogens with one attached hydrogen (secondary N) is 1. The van der Waals surface area contributed by atoms with Gasteiger partial charge in [0.1, 0.15) is 11.6 Å². The molecular formula is C14H12FN3S. The summed E-state index contributed by atoms with van der Waals surface area (Å²) in [6.07, 6.45) is 0. The van der Waals surface area contributed by atoms with Gasteiger partial charge in [-0.3, -0.25) is 0 Å². The Labute approximate surface area is 114 Å². The maximum atomic E-state index is 13.3. The van der Waals surface area contributed by atoms with Crippen LogP contribution in [-0.2, 0) is 0 Å². The van der Waals surface area contributed by atoms with Crippen molar-refractivity contribution < 1.29 is 4.39 Å². The fourth-order valence-electron chi connectivity index (χ4n) is 1.92. The van der Waals surface area contributed by atoms with Gasteiger partial charge in [-0.1, -0.05) is 6.07 Å². The standard InChI is InChI=1S/C14H12FN3S/c1-2-16-13-10-8-9(15)5-6-11(10)17-14(18-13)12-4-3-7-19-12/h3-8H,2H2,1H3,(H,16,17,18). The lowest BCUT2D eigenvalue weighted by Crippen LogP contribution is -2.02. The second-order valence-corrected chi connectivity index (χ2v) is 5.01. The van der Waals surface area contributed by atoms with Gasteiger partial charge >= 0.3 is 0 Å². The Bertz CT molecular complexity index is 710. The molecule has 3 rings (SSSR count). The van der Waals surface area contributed by atoms with Crippen molar-refractivity contribution in [1.82, 2.24) is 9.97 Å². The van der Waals surface area contributed by atoms with Crippen molar-refractivity contribution in [2.45, 2.75) is 6.92 Å². The van der Waals surface area contributed by atoms with E-state index in [-0.39, 0.29) is 5.82 Å². The Hall–Kier alpha value is -2.01. The molecule has 0 aliphatic heterocycles. The first-order valence-electron chi connectivity index (χ1n) is 6.03. The number of fused-ring (bicyclic) bond motifs is 1. The predicted molar refractivity (Wildman–Crippen MR) is 77.0 cm³/mol. The average Bonchev–Trinajstić information content (AvgIpc) is 2.93. The van der Waals surface area contributed by atoms with Crippen molar-refractivity contribution in [3.63, 3.8) is 0 Å². The van der Waals surface area contributed by atoms with E-state index in [0.29, 0.717) is 17.0 Å². The minimum Gasteiger partial charge on any atom is -0.370 e. The predicted octanol–water partition coefficient (Wildman–Crippen LogP) is 3.93. The van der Waals surface area contributed by atoms with Gasteiger partial charge in [-0.25, -0.2) is 14.4 Å². The number of nitrogens with zero attached hydrogens (tertiary/aromatic N) is 2. The van der Waals surface area contributed by atoms with Crippen LogP contribution in [-0.4, -0.2) is 16.5 Å². The zero-order chi connectivity index (χ0) is 13.2. The largest absolute Gasteiger partial charge is 0.370 e. The lowest BCUT2D eigenvalue weighted by atomic mass is 10.2. The summed E-state index contributed by atoms with van der Waals surface area (Å²) < 4.78 is 13.3. The third-order valence-electron chi connectivity index (χ3n) is 2.74. The Morgan fingerprint density at radius 1 is 1.26 bits per heavy atom. The van der Waals surface area contributed by atoms with Gasteiger partial charge in [0.25, 0.3) is 0 Å². The zero-order valence-corrected chi connectivity index (χ0v) is 11.2. The van der Waals surface area contributed by atoms with E-state index < -0.39 is 0 Å². The second kappa shape index (κ2) is 4.93. The molecule has 0 unspecified atom stereocenters. The number of hydrogen-bond acceptors (Lipinski definition) is 4. The first kappa shape index (κ1) is 12.0. The highest BCUT2D eigenvalue weighted by Gasteiger charge is 2.10. The van der Waals surface area contributed by atoms with E-state index in [2.05, 4.69) is 15.3 Å². The minimum absolute atomic E-state index is 0.279. The van der Waals surface area contributed by atoms with E-state index in [4.69, 9.17) is 0 Å². The van der Waals surface area contributed by atoms with E-state index >= 15 is 0 Å². The molecule has 96 valence electrons. The highest BCUT2D eigenvalue weighted by atomic mass is 32.1. The first-order chi connectivity index (χ1) is 9.28. The van der Waals surface area contributed by atoms with Gasteiger partial charge in [-0.05, 0) is 36.6 Å². The Kier molecular flexibility index (Phi) is 3.13.